The van der Waals surface area contributed by atoms with E-state index in [1.54, 1.807) is 13.8 Å². The molecule has 1 unspecified atom stereocenters. The number of carbonyl (C=O) groups is 1. The minimum absolute atomic E-state index is 0.0722. The number of amides is 1. The van der Waals surface area contributed by atoms with Gasteiger partial charge in [0.2, 0.25) is 5.91 Å². The summed E-state index contributed by atoms with van der Waals surface area (Å²) in [7, 11) is -2.96. The van der Waals surface area contributed by atoms with E-state index >= 15 is 0 Å². The van der Waals surface area contributed by atoms with Crippen LogP contribution in [-0.2, 0) is 14.6 Å². The van der Waals surface area contributed by atoms with E-state index in [1.165, 1.54) is 0 Å². The minimum atomic E-state index is -2.96. The number of carbonyl (C=O) groups excluding carboxylic acids is 1. The average Bonchev–Trinajstić information content (AvgIpc) is 2.16. The SMILES string of the molecule is CCS(=O)(=O)CCNC(C)C(=O)NC(C)C. The van der Waals surface area contributed by atoms with Crippen LogP contribution < -0.4 is 10.6 Å². The maximum absolute atomic E-state index is 11.5. The number of hydrogen-bond acceptors (Lipinski definition) is 4. The lowest BCUT2D eigenvalue weighted by Crippen LogP contribution is -2.45. The van der Waals surface area contributed by atoms with Crippen LogP contribution in [0.15, 0.2) is 0 Å². The van der Waals surface area contributed by atoms with Crippen LogP contribution in [0.1, 0.15) is 27.7 Å². The number of rotatable bonds is 7. The Morgan fingerprint density at radius 1 is 1.25 bits per heavy atom. The maximum atomic E-state index is 11.5. The van der Waals surface area contributed by atoms with Crippen LogP contribution in [0.4, 0.5) is 0 Å². The molecule has 0 aliphatic carbocycles. The highest BCUT2D eigenvalue weighted by Gasteiger charge is 2.14. The molecule has 16 heavy (non-hydrogen) atoms. The average molecular weight is 250 g/mol. The second-order valence-corrected chi connectivity index (χ2v) is 6.55. The van der Waals surface area contributed by atoms with E-state index in [-0.39, 0.29) is 29.5 Å². The largest absolute Gasteiger partial charge is 0.353 e. The van der Waals surface area contributed by atoms with Crippen molar-refractivity contribution in [3.8, 4) is 0 Å². The third-order valence-corrected chi connectivity index (χ3v) is 3.83. The molecule has 0 aliphatic rings. The Hall–Kier alpha value is -0.620. The molecular weight excluding hydrogens is 228 g/mol. The highest BCUT2D eigenvalue weighted by atomic mass is 32.2. The highest BCUT2D eigenvalue weighted by molar-refractivity contribution is 7.91. The van der Waals surface area contributed by atoms with Crippen molar-refractivity contribution in [3.63, 3.8) is 0 Å². The van der Waals surface area contributed by atoms with E-state index in [4.69, 9.17) is 0 Å². The fourth-order valence-electron chi connectivity index (χ4n) is 1.08. The van der Waals surface area contributed by atoms with E-state index in [1.807, 2.05) is 13.8 Å². The third kappa shape index (κ3) is 6.79. The molecule has 0 spiro atoms. The van der Waals surface area contributed by atoms with Gasteiger partial charge in [0.15, 0.2) is 9.84 Å². The first-order valence-electron chi connectivity index (χ1n) is 5.52. The number of hydrogen-bond donors (Lipinski definition) is 2. The second kappa shape index (κ2) is 6.85. The van der Waals surface area contributed by atoms with Crippen molar-refractivity contribution in [2.45, 2.75) is 39.8 Å². The van der Waals surface area contributed by atoms with Crippen molar-refractivity contribution in [2.75, 3.05) is 18.1 Å². The summed E-state index contributed by atoms with van der Waals surface area (Å²) < 4.78 is 22.4. The molecule has 0 heterocycles. The zero-order valence-electron chi connectivity index (χ0n) is 10.4. The van der Waals surface area contributed by atoms with Crippen molar-refractivity contribution < 1.29 is 13.2 Å². The summed E-state index contributed by atoms with van der Waals surface area (Å²) in [5.41, 5.74) is 0. The molecule has 0 bridgehead atoms. The number of sulfone groups is 1. The van der Waals surface area contributed by atoms with Gasteiger partial charge in [0, 0.05) is 18.3 Å². The van der Waals surface area contributed by atoms with E-state index in [2.05, 4.69) is 10.6 Å². The monoisotopic (exact) mass is 250 g/mol. The Labute approximate surface area is 97.9 Å². The summed E-state index contributed by atoms with van der Waals surface area (Å²) in [6.45, 7) is 7.40. The normalized spacial score (nSPS) is 13.8. The molecule has 1 amide bonds. The molecule has 96 valence electrons. The van der Waals surface area contributed by atoms with Crippen molar-refractivity contribution >= 4 is 15.7 Å². The first-order valence-corrected chi connectivity index (χ1v) is 7.34. The fourth-order valence-corrected chi connectivity index (χ4v) is 1.80. The predicted octanol–water partition coefficient (Wildman–Crippen LogP) is -0.0762. The smallest absolute Gasteiger partial charge is 0.237 e. The zero-order valence-corrected chi connectivity index (χ0v) is 11.2. The van der Waals surface area contributed by atoms with Crippen LogP contribution in [0, 0.1) is 0 Å². The van der Waals surface area contributed by atoms with E-state index in [0.29, 0.717) is 6.54 Å². The van der Waals surface area contributed by atoms with E-state index < -0.39 is 9.84 Å². The molecule has 0 saturated heterocycles. The summed E-state index contributed by atoms with van der Waals surface area (Å²) in [6.07, 6.45) is 0. The summed E-state index contributed by atoms with van der Waals surface area (Å²) in [5, 5.41) is 5.64. The van der Waals surface area contributed by atoms with E-state index in [9.17, 15) is 13.2 Å². The van der Waals surface area contributed by atoms with Crippen molar-refractivity contribution in [2.24, 2.45) is 0 Å². The molecule has 6 heteroatoms. The standard InChI is InChI=1S/C10H22N2O3S/c1-5-16(14,15)7-6-11-9(4)10(13)12-8(2)3/h8-9,11H,5-7H2,1-4H3,(H,12,13). The summed E-state index contributed by atoms with van der Waals surface area (Å²) in [6, 6.07) is -0.273. The quantitative estimate of drug-likeness (QED) is 0.663. The highest BCUT2D eigenvalue weighted by Crippen LogP contribution is 1.89. The zero-order chi connectivity index (χ0) is 12.8. The first-order chi connectivity index (χ1) is 7.28. The molecule has 0 fully saturated rings. The van der Waals surface area contributed by atoms with E-state index in [0.717, 1.165) is 0 Å². The molecule has 0 saturated carbocycles. The van der Waals surface area contributed by atoms with Crippen LogP contribution in [0.3, 0.4) is 0 Å². The van der Waals surface area contributed by atoms with Crippen LogP contribution >= 0.6 is 0 Å². The molecule has 0 aliphatic heterocycles. The maximum Gasteiger partial charge on any atom is 0.237 e. The van der Waals surface area contributed by atoms with Gasteiger partial charge >= 0.3 is 0 Å². The molecule has 0 radical (unpaired) electrons. The lowest BCUT2D eigenvalue weighted by atomic mass is 10.3. The molecule has 0 aromatic heterocycles. The first kappa shape index (κ1) is 15.4. The topological polar surface area (TPSA) is 75.3 Å². The fraction of sp³-hybridized carbons (Fsp3) is 0.900. The molecular formula is C10H22N2O3S. The van der Waals surface area contributed by atoms with Gasteiger partial charge in [-0.15, -0.1) is 0 Å². The third-order valence-electron chi connectivity index (χ3n) is 2.13. The van der Waals surface area contributed by atoms with Crippen LogP contribution in [0.5, 0.6) is 0 Å². The number of nitrogens with one attached hydrogen (secondary N) is 2. The Morgan fingerprint density at radius 3 is 2.25 bits per heavy atom. The second-order valence-electron chi connectivity index (χ2n) is 4.08. The van der Waals surface area contributed by atoms with Crippen molar-refractivity contribution in [1.29, 1.82) is 0 Å². The van der Waals surface area contributed by atoms with Gasteiger partial charge in [-0.1, -0.05) is 6.92 Å². The van der Waals surface area contributed by atoms with Crippen LogP contribution in [-0.4, -0.2) is 44.5 Å². The molecule has 2 N–H and O–H groups in total. The molecule has 1 atom stereocenters. The van der Waals surface area contributed by atoms with Crippen molar-refractivity contribution in [3.05, 3.63) is 0 Å². The molecule has 5 nitrogen and oxygen atoms in total. The van der Waals surface area contributed by atoms with Gasteiger partial charge in [-0.05, 0) is 20.8 Å². The van der Waals surface area contributed by atoms with Gasteiger partial charge in [-0.2, -0.15) is 0 Å². The summed E-state index contributed by atoms with van der Waals surface area (Å²) in [4.78, 5) is 11.5. The van der Waals surface area contributed by atoms with Gasteiger partial charge in [0.25, 0.3) is 0 Å². The van der Waals surface area contributed by atoms with Gasteiger partial charge in [0.1, 0.15) is 0 Å². The van der Waals surface area contributed by atoms with Crippen molar-refractivity contribution in [1.82, 2.24) is 10.6 Å². The van der Waals surface area contributed by atoms with Crippen LogP contribution in [0.2, 0.25) is 0 Å². The van der Waals surface area contributed by atoms with Gasteiger partial charge < -0.3 is 10.6 Å². The summed E-state index contributed by atoms with van der Waals surface area (Å²) >= 11 is 0. The van der Waals surface area contributed by atoms with Gasteiger partial charge in [0.05, 0.1) is 11.8 Å². The Bertz CT molecular complexity index is 312. The van der Waals surface area contributed by atoms with Crippen LogP contribution in [0.25, 0.3) is 0 Å². The lowest BCUT2D eigenvalue weighted by Gasteiger charge is -2.15. The molecule has 0 rings (SSSR count). The predicted molar refractivity (Wildman–Crippen MR) is 65.1 cm³/mol. The van der Waals surface area contributed by atoms with Gasteiger partial charge in [-0.3, -0.25) is 4.79 Å². The minimum Gasteiger partial charge on any atom is -0.353 e. The molecule has 0 aromatic carbocycles. The molecule has 0 aromatic rings. The Kier molecular flexibility index (Phi) is 6.59. The lowest BCUT2D eigenvalue weighted by molar-refractivity contribution is -0.123. The van der Waals surface area contributed by atoms with Gasteiger partial charge in [-0.25, -0.2) is 8.42 Å². The Morgan fingerprint density at radius 2 is 1.81 bits per heavy atom. The summed E-state index contributed by atoms with van der Waals surface area (Å²) in [5.74, 6) is 0.105. The Balaban J connectivity index is 3.90.